The zero-order chi connectivity index (χ0) is 20.9. The normalized spacial score (nSPS) is 10.6. The molecular formula is C25H22N2O2S. The molecule has 1 amide bonds. The highest BCUT2D eigenvalue weighted by Gasteiger charge is 2.09. The van der Waals surface area contributed by atoms with Crippen molar-refractivity contribution in [2.45, 2.75) is 13.3 Å². The molecule has 0 bridgehead atoms. The van der Waals surface area contributed by atoms with Crippen molar-refractivity contribution in [3.63, 3.8) is 0 Å². The number of hydrogen-bond donors (Lipinski definition) is 1. The molecular weight excluding hydrogens is 392 g/mol. The third kappa shape index (κ3) is 4.58. The summed E-state index contributed by atoms with van der Waals surface area (Å²) >= 11 is 1.64. The van der Waals surface area contributed by atoms with E-state index in [4.69, 9.17) is 9.72 Å². The molecule has 0 spiro atoms. The molecule has 4 nitrogen and oxygen atoms in total. The lowest BCUT2D eigenvalue weighted by Crippen LogP contribution is -2.14. The van der Waals surface area contributed by atoms with Crippen LogP contribution >= 0.6 is 11.3 Å². The van der Waals surface area contributed by atoms with Gasteiger partial charge in [-0.15, -0.1) is 11.3 Å². The first-order chi connectivity index (χ1) is 14.6. The van der Waals surface area contributed by atoms with Crippen molar-refractivity contribution in [3.05, 3.63) is 89.3 Å². The van der Waals surface area contributed by atoms with Gasteiger partial charge in [0.1, 0.15) is 10.8 Å². The van der Waals surface area contributed by atoms with E-state index in [1.807, 2.05) is 60.7 Å². The molecule has 150 valence electrons. The van der Waals surface area contributed by atoms with Crippen LogP contribution in [0.3, 0.4) is 0 Å². The van der Waals surface area contributed by atoms with Crippen LogP contribution in [-0.4, -0.2) is 18.0 Å². The van der Waals surface area contributed by atoms with Gasteiger partial charge in [-0.1, -0.05) is 48.5 Å². The molecule has 3 aromatic carbocycles. The number of aryl methyl sites for hydroxylation is 1. The van der Waals surface area contributed by atoms with Crippen molar-refractivity contribution in [2.24, 2.45) is 0 Å². The number of amides is 1. The topological polar surface area (TPSA) is 51.2 Å². The molecule has 0 saturated heterocycles. The summed E-state index contributed by atoms with van der Waals surface area (Å²) in [5, 5.41) is 6.03. The number of thiazole rings is 1. The quantitative estimate of drug-likeness (QED) is 0.422. The van der Waals surface area contributed by atoms with E-state index in [-0.39, 0.29) is 5.91 Å². The first kappa shape index (κ1) is 19.9. The molecule has 0 unspecified atom stereocenters. The molecule has 30 heavy (non-hydrogen) atoms. The zero-order valence-electron chi connectivity index (χ0n) is 16.9. The van der Waals surface area contributed by atoms with E-state index in [0.717, 1.165) is 38.8 Å². The Labute approximate surface area is 180 Å². The number of aromatic nitrogens is 1. The van der Waals surface area contributed by atoms with Crippen LogP contribution in [0.4, 0.5) is 5.69 Å². The van der Waals surface area contributed by atoms with Crippen molar-refractivity contribution in [1.29, 1.82) is 0 Å². The van der Waals surface area contributed by atoms with Crippen LogP contribution in [0.25, 0.3) is 21.8 Å². The van der Waals surface area contributed by atoms with Crippen molar-refractivity contribution >= 4 is 22.9 Å². The predicted octanol–water partition coefficient (Wildman–Crippen LogP) is 5.98. The number of anilines is 1. The van der Waals surface area contributed by atoms with E-state index in [1.54, 1.807) is 18.4 Å². The van der Waals surface area contributed by atoms with E-state index >= 15 is 0 Å². The predicted molar refractivity (Wildman–Crippen MR) is 123 cm³/mol. The minimum Gasteiger partial charge on any atom is -0.497 e. The fraction of sp³-hybridized carbons (Fsp3) is 0.120. The van der Waals surface area contributed by atoms with Gasteiger partial charge in [0.05, 0.1) is 19.2 Å². The smallest absolute Gasteiger partial charge is 0.228 e. The van der Waals surface area contributed by atoms with Crippen LogP contribution < -0.4 is 10.1 Å². The lowest BCUT2D eigenvalue weighted by Gasteiger charge is -2.07. The van der Waals surface area contributed by atoms with Gasteiger partial charge in [-0.3, -0.25) is 4.79 Å². The molecule has 0 atom stereocenters. The summed E-state index contributed by atoms with van der Waals surface area (Å²) in [7, 11) is 1.63. The van der Waals surface area contributed by atoms with Crippen molar-refractivity contribution in [2.75, 3.05) is 12.4 Å². The average Bonchev–Trinajstić information content (AvgIpc) is 3.25. The maximum absolute atomic E-state index is 12.3. The maximum Gasteiger partial charge on any atom is 0.228 e. The standard InChI is InChI=1S/C25H22N2O2S/c1-17-5-3-4-6-22(17)25-27-23(16-30-25)19-9-11-20(12-10-19)26-24(28)15-18-7-13-21(29-2)14-8-18/h3-14,16H,15H2,1-2H3,(H,26,28). The summed E-state index contributed by atoms with van der Waals surface area (Å²) in [4.78, 5) is 17.1. The Hall–Kier alpha value is -3.44. The van der Waals surface area contributed by atoms with Gasteiger partial charge in [0.15, 0.2) is 0 Å². The van der Waals surface area contributed by atoms with Crippen LogP contribution in [-0.2, 0) is 11.2 Å². The summed E-state index contributed by atoms with van der Waals surface area (Å²) in [6.45, 7) is 2.10. The fourth-order valence-corrected chi connectivity index (χ4v) is 4.12. The lowest BCUT2D eigenvalue weighted by molar-refractivity contribution is -0.115. The van der Waals surface area contributed by atoms with Gasteiger partial charge < -0.3 is 10.1 Å². The molecule has 0 saturated carbocycles. The highest BCUT2D eigenvalue weighted by atomic mass is 32.1. The number of carbonyl (C=O) groups excluding carboxylic acids is 1. The van der Waals surface area contributed by atoms with E-state index in [9.17, 15) is 4.79 Å². The van der Waals surface area contributed by atoms with Crippen LogP contribution in [0, 0.1) is 6.92 Å². The third-order valence-corrected chi connectivity index (χ3v) is 5.74. The summed E-state index contributed by atoms with van der Waals surface area (Å²) in [6, 6.07) is 23.6. The monoisotopic (exact) mass is 414 g/mol. The Kier molecular flexibility index (Phi) is 5.91. The van der Waals surface area contributed by atoms with Crippen LogP contribution in [0.2, 0.25) is 0 Å². The summed E-state index contributed by atoms with van der Waals surface area (Å²) < 4.78 is 5.14. The van der Waals surface area contributed by atoms with Gasteiger partial charge in [-0.05, 0) is 42.3 Å². The number of benzene rings is 3. The Morgan fingerprint density at radius 2 is 1.73 bits per heavy atom. The summed E-state index contributed by atoms with van der Waals surface area (Å²) in [5.74, 6) is 0.728. The number of carbonyl (C=O) groups is 1. The van der Waals surface area contributed by atoms with Gasteiger partial charge in [0, 0.05) is 22.2 Å². The molecule has 0 aliphatic rings. The molecule has 1 N–H and O–H groups in total. The minimum absolute atomic E-state index is 0.0524. The highest BCUT2D eigenvalue weighted by molar-refractivity contribution is 7.13. The number of nitrogens with one attached hydrogen (secondary N) is 1. The number of rotatable bonds is 6. The molecule has 0 aliphatic carbocycles. The Bertz CT molecular complexity index is 1150. The fourth-order valence-electron chi connectivity index (χ4n) is 3.20. The minimum atomic E-state index is -0.0524. The largest absolute Gasteiger partial charge is 0.497 e. The molecule has 4 aromatic rings. The van der Waals surface area contributed by atoms with Crippen molar-refractivity contribution in [1.82, 2.24) is 4.98 Å². The molecule has 0 radical (unpaired) electrons. The molecule has 5 heteroatoms. The number of nitrogens with zero attached hydrogens (tertiary/aromatic N) is 1. The SMILES string of the molecule is COc1ccc(CC(=O)Nc2ccc(-c3csc(-c4ccccc4C)n3)cc2)cc1. The lowest BCUT2D eigenvalue weighted by atomic mass is 10.1. The van der Waals surface area contributed by atoms with Gasteiger partial charge >= 0.3 is 0 Å². The highest BCUT2D eigenvalue weighted by Crippen LogP contribution is 2.31. The first-order valence-corrected chi connectivity index (χ1v) is 10.5. The molecule has 4 rings (SSSR count). The Morgan fingerprint density at radius 1 is 1.00 bits per heavy atom. The average molecular weight is 415 g/mol. The maximum atomic E-state index is 12.3. The van der Waals surface area contributed by atoms with Gasteiger partial charge in [0.2, 0.25) is 5.91 Å². The number of ether oxygens (including phenoxy) is 1. The van der Waals surface area contributed by atoms with E-state index < -0.39 is 0 Å². The zero-order valence-corrected chi connectivity index (χ0v) is 17.7. The second-order valence-electron chi connectivity index (χ2n) is 7.00. The molecule has 0 aliphatic heterocycles. The van der Waals surface area contributed by atoms with Crippen molar-refractivity contribution < 1.29 is 9.53 Å². The van der Waals surface area contributed by atoms with E-state index in [2.05, 4.69) is 29.8 Å². The Balaban J connectivity index is 1.41. The van der Waals surface area contributed by atoms with Gasteiger partial charge in [0.25, 0.3) is 0 Å². The van der Waals surface area contributed by atoms with Crippen molar-refractivity contribution in [3.8, 4) is 27.6 Å². The second-order valence-corrected chi connectivity index (χ2v) is 7.86. The summed E-state index contributed by atoms with van der Waals surface area (Å²) in [5.41, 5.74) is 6.06. The second kappa shape index (κ2) is 8.93. The third-order valence-electron chi connectivity index (χ3n) is 4.87. The van der Waals surface area contributed by atoms with Crippen LogP contribution in [0.1, 0.15) is 11.1 Å². The summed E-state index contributed by atoms with van der Waals surface area (Å²) in [6.07, 6.45) is 0.317. The van der Waals surface area contributed by atoms with Gasteiger partial charge in [-0.2, -0.15) is 0 Å². The van der Waals surface area contributed by atoms with Crippen LogP contribution in [0.5, 0.6) is 5.75 Å². The van der Waals surface area contributed by atoms with E-state index in [1.165, 1.54) is 5.56 Å². The molecule has 1 heterocycles. The number of hydrogen-bond acceptors (Lipinski definition) is 4. The molecule has 1 aromatic heterocycles. The first-order valence-electron chi connectivity index (χ1n) is 9.67. The van der Waals surface area contributed by atoms with Crippen LogP contribution in [0.15, 0.2) is 78.2 Å². The van der Waals surface area contributed by atoms with E-state index in [0.29, 0.717) is 6.42 Å². The molecule has 0 fully saturated rings. The number of methoxy groups -OCH3 is 1. The van der Waals surface area contributed by atoms with Gasteiger partial charge in [-0.25, -0.2) is 4.98 Å². The Morgan fingerprint density at radius 3 is 2.43 bits per heavy atom.